The van der Waals surface area contributed by atoms with Crippen molar-refractivity contribution >= 4 is 11.8 Å². The summed E-state index contributed by atoms with van der Waals surface area (Å²) in [7, 11) is 1.52. The fourth-order valence-electron chi connectivity index (χ4n) is 2.21. The molecule has 1 heterocycles. The van der Waals surface area contributed by atoms with E-state index in [0.29, 0.717) is 11.3 Å². The normalized spacial score (nSPS) is 16.9. The fraction of sp³-hybridized carbons (Fsp3) is 0.429. The first-order chi connectivity index (χ1) is 9.02. The largest absolute Gasteiger partial charge is 0.496 e. The molecule has 1 atom stereocenters. The summed E-state index contributed by atoms with van der Waals surface area (Å²) in [6, 6.07) is 5.44. The molecule has 102 valence electrons. The number of aliphatic hydroxyl groups excluding tert-OH is 1. The second-order valence-corrected chi connectivity index (χ2v) is 4.66. The van der Waals surface area contributed by atoms with Crippen molar-refractivity contribution < 1.29 is 19.4 Å². The second kappa shape index (κ2) is 5.40. The number of aryl methyl sites for hydroxylation is 1. The summed E-state index contributed by atoms with van der Waals surface area (Å²) in [6.07, 6.45) is -0.464. The lowest BCUT2D eigenvalue weighted by atomic mass is 10.0. The average molecular weight is 263 g/mol. The summed E-state index contributed by atoms with van der Waals surface area (Å²) in [6.45, 7) is 1.89. The lowest BCUT2D eigenvalue weighted by Gasteiger charge is -2.20. The van der Waals surface area contributed by atoms with Crippen LogP contribution in [-0.2, 0) is 9.59 Å². The molecule has 2 amide bonds. The van der Waals surface area contributed by atoms with Gasteiger partial charge < -0.3 is 9.84 Å². The number of carbonyl (C=O) groups excluding carboxylic acids is 2. The molecule has 19 heavy (non-hydrogen) atoms. The monoisotopic (exact) mass is 263 g/mol. The van der Waals surface area contributed by atoms with E-state index in [1.54, 1.807) is 12.1 Å². The van der Waals surface area contributed by atoms with Gasteiger partial charge in [0.1, 0.15) is 11.9 Å². The highest BCUT2D eigenvalue weighted by Gasteiger charge is 2.31. The first-order valence-corrected chi connectivity index (χ1v) is 6.18. The lowest BCUT2D eigenvalue weighted by Crippen LogP contribution is -2.33. The van der Waals surface area contributed by atoms with Gasteiger partial charge in [0, 0.05) is 18.4 Å². The molecule has 1 N–H and O–H groups in total. The van der Waals surface area contributed by atoms with Gasteiger partial charge in [-0.1, -0.05) is 11.6 Å². The molecule has 1 aromatic rings. The van der Waals surface area contributed by atoms with E-state index >= 15 is 0 Å². The Bertz CT molecular complexity index is 496. The molecule has 1 fully saturated rings. The van der Waals surface area contributed by atoms with E-state index in [-0.39, 0.29) is 31.2 Å². The number of hydrogen-bond donors (Lipinski definition) is 1. The zero-order valence-corrected chi connectivity index (χ0v) is 11.0. The smallest absolute Gasteiger partial charge is 0.229 e. The van der Waals surface area contributed by atoms with Crippen LogP contribution in [0.1, 0.15) is 30.1 Å². The summed E-state index contributed by atoms with van der Waals surface area (Å²) in [5, 5.41) is 10.2. The van der Waals surface area contributed by atoms with Gasteiger partial charge in [-0.3, -0.25) is 14.5 Å². The zero-order valence-electron chi connectivity index (χ0n) is 11.0. The minimum absolute atomic E-state index is 0.0164. The number of nitrogens with zero attached hydrogens (tertiary/aromatic N) is 1. The highest BCUT2D eigenvalue weighted by atomic mass is 16.5. The standard InChI is InChI=1S/C14H17NO4/c1-9-3-4-12(19-2)10(7-9)11(16)8-15-13(17)5-6-14(15)18/h3-4,7,11,16H,5-6,8H2,1-2H3. The molecule has 1 saturated heterocycles. The van der Waals surface area contributed by atoms with Crippen LogP contribution in [0.4, 0.5) is 0 Å². The van der Waals surface area contributed by atoms with Crippen LogP contribution in [-0.4, -0.2) is 35.5 Å². The Morgan fingerprint density at radius 1 is 1.32 bits per heavy atom. The van der Waals surface area contributed by atoms with Crippen LogP contribution in [0, 0.1) is 6.92 Å². The predicted octanol–water partition coefficient (Wildman–Crippen LogP) is 1.19. The number of likely N-dealkylation sites (tertiary alicyclic amines) is 1. The van der Waals surface area contributed by atoms with E-state index in [1.807, 2.05) is 13.0 Å². The average Bonchev–Trinajstić information content (AvgIpc) is 2.70. The number of β-amino-alcohol motifs (C(OH)–C–C–N with tert-alkyl or cyclic N) is 1. The first kappa shape index (κ1) is 13.5. The molecule has 0 aromatic heterocycles. The van der Waals surface area contributed by atoms with Crippen LogP contribution in [0.3, 0.4) is 0 Å². The van der Waals surface area contributed by atoms with Crippen molar-refractivity contribution in [2.75, 3.05) is 13.7 Å². The molecule has 0 spiro atoms. The number of rotatable bonds is 4. The Balaban J connectivity index is 2.20. The van der Waals surface area contributed by atoms with Crippen molar-refractivity contribution in [2.45, 2.75) is 25.9 Å². The Kier molecular flexibility index (Phi) is 3.85. The first-order valence-electron chi connectivity index (χ1n) is 6.18. The number of carbonyl (C=O) groups is 2. The third kappa shape index (κ3) is 2.76. The molecule has 1 aliphatic rings. The molecule has 1 unspecified atom stereocenters. The molecule has 5 nitrogen and oxygen atoms in total. The van der Waals surface area contributed by atoms with Gasteiger partial charge in [-0.2, -0.15) is 0 Å². The summed E-state index contributed by atoms with van der Waals surface area (Å²) in [4.78, 5) is 24.2. The summed E-state index contributed by atoms with van der Waals surface area (Å²) in [5.74, 6) is 0.100. The highest BCUT2D eigenvalue weighted by Crippen LogP contribution is 2.28. The summed E-state index contributed by atoms with van der Waals surface area (Å²) < 4.78 is 5.19. The Morgan fingerprint density at radius 2 is 1.95 bits per heavy atom. The third-order valence-electron chi connectivity index (χ3n) is 3.25. The van der Waals surface area contributed by atoms with Crippen molar-refractivity contribution in [3.8, 4) is 5.75 Å². The maximum Gasteiger partial charge on any atom is 0.229 e. The maximum absolute atomic E-state index is 11.5. The SMILES string of the molecule is COc1ccc(C)cc1C(O)CN1C(=O)CCC1=O. The number of amides is 2. The molecule has 1 aromatic carbocycles. The van der Waals surface area contributed by atoms with Crippen molar-refractivity contribution in [1.82, 2.24) is 4.90 Å². The van der Waals surface area contributed by atoms with Crippen molar-refractivity contribution in [1.29, 1.82) is 0 Å². The van der Waals surface area contributed by atoms with E-state index in [4.69, 9.17) is 4.74 Å². The Morgan fingerprint density at radius 3 is 2.53 bits per heavy atom. The van der Waals surface area contributed by atoms with Gasteiger partial charge in [-0.05, 0) is 19.1 Å². The van der Waals surface area contributed by atoms with Crippen molar-refractivity contribution in [3.05, 3.63) is 29.3 Å². The molecule has 0 bridgehead atoms. The van der Waals surface area contributed by atoms with Crippen LogP contribution in [0.15, 0.2) is 18.2 Å². The summed E-state index contributed by atoms with van der Waals surface area (Å²) in [5.41, 5.74) is 1.57. The molecule has 2 rings (SSSR count). The van der Waals surface area contributed by atoms with Crippen molar-refractivity contribution in [2.24, 2.45) is 0 Å². The minimum Gasteiger partial charge on any atom is -0.496 e. The predicted molar refractivity (Wildman–Crippen MR) is 68.6 cm³/mol. The Labute approximate surface area is 111 Å². The van der Waals surface area contributed by atoms with Gasteiger partial charge >= 0.3 is 0 Å². The number of ether oxygens (including phenoxy) is 1. The lowest BCUT2D eigenvalue weighted by molar-refractivity contribution is -0.140. The van der Waals surface area contributed by atoms with E-state index in [0.717, 1.165) is 10.5 Å². The molecule has 0 saturated carbocycles. The Hall–Kier alpha value is -1.88. The van der Waals surface area contributed by atoms with Crippen molar-refractivity contribution in [3.63, 3.8) is 0 Å². The number of benzene rings is 1. The van der Waals surface area contributed by atoms with Gasteiger partial charge in [-0.15, -0.1) is 0 Å². The van der Waals surface area contributed by atoms with Gasteiger partial charge in [0.05, 0.1) is 13.7 Å². The molecular weight excluding hydrogens is 246 g/mol. The van der Waals surface area contributed by atoms with E-state index in [9.17, 15) is 14.7 Å². The zero-order chi connectivity index (χ0) is 14.0. The summed E-state index contributed by atoms with van der Waals surface area (Å²) >= 11 is 0. The van der Waals surface area contributed by atoms with Gasteiger partial charge in [0.25, 0.3) is 0 Å². The van der Waals surface area contributed by atoms with Crippen LogP contribution < -0.4 is 4.74 Å². The topological polar surface area (TPSA) is 66.8 Å². The highest BCUT2D eigenvalue weighted by molar-refractivity contribution is 6.01. The molecule has 5 heteroatoms. The van der Waals surface area contributed by atoms with E-state index < -0.39 is 6.10 Å². The maximum atomic E-state index is 11.5. The van der Waals surface area contributed by atoms with E-state index in [2.05, 4.69) is 0 Å². The van der Waals surface area contributed by atoms with Crippen LogP contribution >= 0.6 is 0 Å². The number of hydrogen-bond acceptors (Lipinski definition) is 4. The second-order valence-electron chi connectivity index (χ2n) is 4.66. The molecular formula is C14H17NO4. The fourth-order valence-corrected chi connectivity index (χ4v) is 2.21. The van der Waals surface area contributed by atoms with Gasteiger partial charge in [-0.25, -0.2) is 0 Å². The third-order valence-corrected chi connectivity index (χ3v) is 3.25. The van der Waals surface area contributed by atoms with Crippen LogP contribution in [0.2, 0.25) is 0 Å². The minimum atomic E-state index is -0.930. The van der Waals surface area contributed by atoms with Crippen LogP contribution in [0.25, 0.3) is 0 Å². The van der Waals surface area contributed by atoms with Crippen LogP contribution in [0.5, 0.6) is 5.75 Å². The number of aliphatic hydroxyl groups is 1. The molecule has 1 aliphatic heterocycles. The van der Waals surface area contributed by atoms with Gasteiger partial charge in [0.2, 0.25) is 11.8 Å². The van der Waals surface area contributed by atoms with Gasteiger partial charge in [0.15, 0.2) is 0 Å². The quantitative estimate of drug-likeness (QED) is 0.828. The number of imide groups is 1. The van der Waals surface area contributed by atoms with E-state index in [1.165, 1.54) is 7.11 Å². The number of methoxy groups -OCH3 is 1. The molecule has 0 radical (unpaired) electrons. The molecule has 0 aliphatic carbocycles.